The minimum Gasteiger partial charge on any atom is -0.454 e. The molecule has 0 atom stereocenters. The average molecular weight is 342 g/mol. The number of allylic oxidation sites excluding steroid dienone is 1. The molecule has 1 saturated heterocycles. The van der Waals surface area contributed by atoms with E-state index in [1.807, 2.05) is 39.0 Å². The summed E-state index contributed by atoms with van der Waals surface area (Å²) in [4.78, 5) is 13.8. The summed E-state index contributed by atoms with van der Waals surface area (Å²) in [6.07, 6.45) is 1.03. The third kappa shape index (κ3) is 3.87. The van der Waals surface area contributed by atoms with E-state index in [1.54, 1.807) is 4.90 Å². The van der Waals surface area contributed by atoms with E-state index in [0.717, 1.165) is 11.1 Å². The van der Waals surface area contributed by atoms with Gasteiger partial charge in [-0.3, -0.25) is 0 Å². The maximum atomic E-state index is 12.1. The molecule has 6 nitrogen and oxygen atoms in total. The lowest BCUT2D eigenvalue weighted by molar-refractivity contribution is 0.0236. The van der Waals surface area contributed by atoms with Crippen molar-refractivity contribution in [2.75, 3.05) is 19.9 Å². The largest absolute Gasteiger partial charge is 0.454 e. The topological polar surface area (TPSA) is 71.8 Å². The van der Waals surface area contributed by atoms with Crippen LogP contribution in [0, 0.1) is 11.3 Å². The Morgan fingerprint density at radius 1 is 1.20 bits per heavy atom. The number of carbonyl (C=O) groups excluding carboxylic acids is 1. The van der Waals surface area contributed by atoms with Crippen molar-refractivity contribution in [3.8, 4) is 17.6 Å². The fraction of sp³-hybridized carbons (Fsp3) is 0.474. The standard InChI is InChI=1S/C19H22N2O4/c1-19(2,3)25-18(22)21-8-6-13(7-9-21)15(11-20)14-4-5-16-17(10-14)24-12-23-16/h4-5,10H,6-9,12H2,1-3H3. The van der Waals surface area contributed by atoms with Crippen LogP contribution in [0.15, 0.2) is 23.8 Å². The Labute approximate surface area is 147 Å². The maximum Gasteiger partial charge on any atom is 0.410 e. The summed E-state index contributed by atoms with van der Waals surface area (Å²) in [5.41, 5.74) is 2.04. The molecule has 1 aromatic carbocycles. The first-order valence-corrected chi connectivity index (χ1v) is 8.37. The molecule has 0 bridgehead atoms. The van der Waals surface area contributed by atoms with Crippen molar-refractivity contribution >= 4 is 11.7 Å². The van der Waals surface area contributed by atoms with Gasteiger partial charge in [0.15, 0.2) is 11.5 Å². The first-order valence-electron chi connectivity index (χ1n) is 8.37. The highest BCUT2D eigenvalue weighted by atomic mass is 16.7. The van der Waals surface area contributed by atoms with Crippen LogP contribution in [0.25, 0.3) is 5.57 Å². The quantitative estimate of drug-likeness (QED) is 0.727. The molecular formula is C19H22N2O4. The van der Waals surface area contributed by atoms with Crippen LogP contribution in [0.2, 0.25) is 0 Å². The van der Waals surface area contributed by atoms with E-state index >= 15 is 0 Å². The normalized spacial score (nSPS) is 16.4. The molecule has 2 aliphatic rings. The average Bonchev–Trinajstić information content (AvgIpc) is 3.02. The summed E-state index contributed by atoms with van der Waals surface area (Å²) < 4.78 is 16.1. The Morgan fingerprint density at radius 2 is 1.88 bits per heavy atom. The second-order valence-corrected chi connectivity index (χ2v) is 7.13. The molecule has 0 aromatic heterocycles. The number of benzene rings is 1. The Morgan fingerprint density at radius 3 is 2.52 bits per heavy atom. The minimum absolute atomic E-state index is 0.210. The molecule has 2 aliphatic heterocycles. The number of fused-ring (bicyclic) bond motifs is 1. The van der Waals surface area contributed by atoms with Crippen molar-refractivity contribution in [2.45, 2.75) is 39.2 Å². The van der Waals surface area contributed by atoms with Crippen LogP contribution in [-0.2, 0) is 4.74 Å². The lowest BCUT2D eigenvalue weighted by Crippen LogP contribution is -2.40. The second-order valence-electron chi connectivity index (χ2n) is 7.13. The molecule has 2 heterocycles. The SMILES string of the molecule is CC(C)(C)OC(=O)N1CCC(=C(C#N)c2ccc3c(c2)OCO3)CC1. The van der Waals surface area contributed by atoms with Crippen molar-refractivity contribution < 1.29 is 19.0 Å². The Bertz CT molecular complexity index is 746. The van der Waals surface area contributed by atoms with Crippen LogP contribution in [0.4, 0.5) is 4.79 Å². The zero-order valence-electron chi connectivity index (χ0n) is 14.8. The first kappa shape index (κ1) is 17.2. The minimum atomic E-state index is -0.502. The van der Waals surface area contributed by atoms with Gasteiger partial charge in [0.1, 0.15) is 5.60 Å². The van der Waals surface area contributed by atoms with E-state index in [4.69, 9.17) is 14.2 Å². The van der Waals surface area contributed by atoms with Crippen molar-refractivity contribution in [3.63, 3.8) is 0 Å². The molecule has 132 valence electrons. The highest BCUT2D eigenvalue weighted by molar-refractivity contribution is 5.81. The number of likely N-dealkylation sites (tertiary alicyclic amines) is 1. The number of nitriles is 1. The molecule has 1 fully saturated rings. The summed E-state index contributed by atoms with van der Waals surface area (Å²) in [6.45, 7) is 6.89. The Balaban J connectivity index is 1.73. The van der Waals surface area contributed by atoms with E-state index in [1.165, 1.54) is 0 Å². The van der Waals surface area contributed by atoms with Gasteiger partial charge in [-0.05, 0) is 62.9 Å². The van der Waals surface area contributed by atoms with Gasteiger partial charge in [0.2, 0.25) is 6.79 Å². The first-order chi connectivity index (χ1) is 11.9. The lowest BCUT2D eigenvalue weighted by Gasteiger charge is -2.31. The fourth-order valence-corrected chi connectivity index (χ4v) is 2.94. The molecule has 1 aromatic rings. The summed E-state index contributed by atoms with van der Waals surface area (Å²) in [6, 6.07) is 7.85. The number of amides is 1. The zero-order valence-corrected chi connectivity index (χ0v) is 14.8. The number of hydrogen-bond acceptors (Lipinski definition) is 5. The van der Waals surface area contributed by atoms with Crippen molar-refractivity contribution in [2.24, 2.45) is 0 Å². The van der Waals surface area contributed by atoms with Crippen molar-refractivity contribution in [1.82, 2.24) is 4.90 Å². The van der Waals surface area contributed by atoms with Crippen LogP contribution in [-0.4, -0.2) is 36.5 Å². The van der Waals surface area contributed by atoms with Crippen molar-refractivity contribution in [3.05, 3.63) is 29.3 Å². The van der Waals surface area contributed by atoms with Gasteiger partial charge in [0.25, 0.3) is 0 Å². The monoisotopic (exact) mass is 342 g/mol. The maximum absolute atomic E-state index is 12.1. The summed E-state index contributed by atoms with van der Waals surface area (Å²) in [5, 5.41) is 9.62. The van der Waals surface area contributed by atoms with Crippen LogP contribution in [0.5, 0.6) is 11.5 Å². The van der Waals surface area contributed by atoms with Crippen LogP contribution < -0.4 is 9.47 Å². The molecule has 0 spiro atoms. The molecular weight excluding hydrogens is 320 g/mol. The van der Waals surface area contributed by atoms with Gasteiger partial charge >= 0.3 is 6.09 Å². The van der Waals surface area contributed by atoms with E-state index in [0.29, 0.717) is 43.0 Å². The van der Waals surface area contributed by atoms with Gasteiger partial charge in [-0.1, -0.05) is 0 Å². The van der Waals surface area contributed by atoms with E-state index < -0.39 is 5.60 Å². The number of nitrogens with zero attached hydrogens (tertiary/aromatic N) is 2. The molecule has 1 amide bonds. The van der Waals surface area contributed by atoms with Gasteiger partial charge < -0.3 is 19.1 Å². The molecule has 0 aliphatic carbocycles. The molecule has 0 unspecified atom stereocenters. The molecule has 25 heavy (non-hydrogen) atoms. The number of hydrogen-bond donors (Lipinski definition) is 0. The Kier molecular flexibility index (Phi) is 4.58. The summed E-state index contributed by atoms with van der Waals surface area (Å²) >= 11 is 0. The smallest absolute Gasteiger partial charge is 0.410 e. The molecule has 0 saturated carbocycles. The van der Waals surface area contributed by atoms with Crippen LogP contribution in [0.3, 0.4) is 0 Å². The van der Waals surface area contributed by atoms with Gasteiger partial charge in [0.05, 0.1) is 11.6 Å². The second kappa shape index (κ2) is 6.67. The van der Waals surface area contributed by atoms with Gasteiger partial charge in [-0.25, -0.2) is 4.79 Å². The fourth-order valence-electron chi connectivity index (χ4n) is 2.94. The molecule has 3 rings (SSSR count). The van der Waals surface area contributed by atoms with E-state index in [-0.39, 0.29) is 12.9 Å². The third-order valence-corrected chi connectivity index (χ3v) is 4.15. The molecule has 6 heteroatoms. The number of carbonyl (C=O) groups is 1. The van der Waals surface area contributed by atoms with Gasteiger partial charge in [0, 0.05) is 13.1 Å². The number of rotatable bonds is 1. The number of ether oxygens (including phenoxy) is 3. The summed E-state index contributed by atoms with van der Waals surface area (Å²) in [7, 11) is 0. The van der Waals surface area contributed by atoms with E-state index in [2.05, 4.69) is 6.07 Å². The highest BCUT2D eigenvalue weighted by Gasteiger charge is 2.26. The van der Waals surface area contributed by atoms with Crippen LogP contribution in [0.1, 0.15) is 39.2 Å². The van der Waals surface area contributed by atoms with E-state index in [9.17, 15) is 10.1 Å². The molecule has 0 radical (unpaired) electrons. The van der Waals surface area contributed by atoms with Crippen molar-refractivity contribution in [1.29, 1.82) is 5.26 Å². The number of piperidine rings is 1. The predicted molar refractivity (Wildman–Crippen MR) is 92.1 cm³/mol. The zero-order chi connectivity index (χ0) is 18.0. The lowest BCUT2D eigenvalue weighted by atomic mass is 9.94. The predicted octanol–water partition coefficient (Wildman–Crippen LogP) is 3.72. The third-order valence-electron chi connectivity index (χ3n) is 4.15. The Hall–Kier alpha value is -2.68. The highest BCUT2D eigenvalue weighted by Crippen LogP contribution is 2.36. The van der Waals surface area contributed by atoms with Crippen LogP contribution >= 0.6 is 0 Å². The molecule has 0 N–H and O–H groups in total. The summed E-state index contributed by atoms with van der Waals surface area (Å²) in [5.74, 6) is 1.36. The van der Waals surface area contributed by atoms with Gasteiger partial charge in [-0.2, -0.15) is 5.26 Å². The van der Waals surface area contributed by atoms with Gasteiger partial charge in [-0.15, -0.1) is 0 Å².